The molecule has 1 atom stereocenters. The van der Waals surface area contributed by atoms with E-state index in [1.165, 1.54) is 6.07 Å². The van der Waals surface area contributed by atoms with Gasteiger partial charge in [-0.2, -0.15) is 5.10 Å². The zero-order valence-electron chi connectivity index (χ0n) is 20.1. The van der Waals surface area contributed by atoms with Gasteiger partial charge in [-0.3, -0.25) is 0 Å². The number of amidine groups is 2. The lowest BCUT2D eigenvalue weighted by Crippen LogP contribution is -2.46. The van der Waals surface area contributed by atoms with Crippen molar-refractivity contribution in [3.63, 3.8) is 0 Å². The van der Waals surface area contributed by atoms with Crippen LogP contribution in [0.4, 0.5) is 27.3 Å². The minimum atomic E-state index is -0.477. The third-order valence-electron chi connectivity index (χ3n) is 6.63. The number of benzene rings is 3. The zero-order chi connectivity index (χ0) is 25.8. The maximum Gasteiger partial charge on any atom is 0.179 e. The molecule has 0 saturated heterocycles. The molecule has 38 heavy (non-hydrogen) atoms. The second kappa shape index (κ2) is 8.93. The van der Waals surface area contributed by atoms with E-state index in [9.17, 15) is 4.39 Å². The Labute approximate surface area is 227 Å². The Hall–Kier alpha value is -4.27. The van der Waals surface area contributed by atoms with Crippen LogP contribution < -0.4 is 10.2 Å². The van der Waals surface area contributed by atoms with Crippen molar-refractivity contribution in [3.8, 4) is 5.69 Å². The fourth-order valence-electron chi connectivity index (χ4n) is 4.97. The molecule has 5 aromatic rings. The van der Waals surface area contributed by atoms with Crippen LogP contribution >= 0.6 is 22.9 Å². The van der Waals surface area contributed by atoms with E-state index in [0.29, 0.717) is 17.4 Å². The van der Waals surface area contributed by atoms with Crippen molar-refractivity contribution in [3.05, 3.63) is 117 Å². The number of aliphatic imine (C=N–C) groups is 2. The molecule has 0 aliphatic carbocycles. The van der Waals surface area contributed by atoms with Gasteiger partial charge in [-0.05, 0) is 60.8 Å². The van der Waals surface area contributed by atoms with Crippen molar-refractivity contribution < 1.29 is 4.39 Å². The molecule has 0 amide bonds. The van der Waals surface area contributed by atoms with Gasteiger partial charge in [-0.25, -0.2) is 19.1 Å². The van der Waals surface area contributed by atoms with Crippen LogP contribution in [0.3, 0.4) is 0 Å². The van der Waals surface area contributed by atoms with Crippen molar-refractivity contribution in [2.75, 3.05) is 10.2 Å². The number of aryl methyl sites for hydroxylation is 1. The van der Waals surface area contributed by atoms with Gasteiger partial charge in [-0.1, -0.05) is 48.0 Å². The van der Waals surface area contributed by atoms with E-state index in [4.69, 9.17) is 26.7 Å². The first-order valence-corrected chi connectivity index (χ1v) is 13.3. The molecule has 2 aliphatic heterocycles. The van der Waals surface area contributed by atoms with Gasteiger partial charge in [0.15, 0.2) is 17.5 Å². The number of thiophene rings is 1. The highest BCUT2D eigenvalue weighted by atomic mass is 35.5. The summed E-state index contributed by atoms with van der Waals surface area (Å²) < 4.78 is 15.8. The summed E-state index contributed by atoms with van der Waals surface area (Å²) in [5.74, 6) is 1.46. The number of nitrogens with one attached hydrogen (secondary N) is 1. The van der Waals surface area contributed by atoms with E-state index in [0.717, 1.165) is 39.0 Å². The van der Waals surface area contributed by atoms with Crippen molar-refractivity contribution >= 4 is 57.5 Å². The third kappa shape index (κ3) is 3.64. The molecule has 2 aliphatic rings. The SMILES string of the molecule is Cc1nn(-c2ccccc2)c2c1C(c1cccs1)N1C(=N2)C(Nc2ccc(F)c(Cl)c2)=Nc2ccccc21. The normalized spacial score (nSPS) is 15.8. The number of fused-ring (bicyclic) bond motifs is 4. The van der Waals surface area contributed by atoms with Crippen molar-refractivity contribution in [1.82, 2.24) is 9.78 Å². The molecule has 3 aromatic carbocycles. The van der Waals surface area contributed by atoms with Crippen LogP contribution in [0.5, 0.6) is 0 Å². The topological polar surface area (TPSA) is 57.8 Å². The van der Waals surface area contributed by atoms with Gasteiger partial charge in [0, 0.05) is 16.1 Å². The average molecular weight is 539 g/mol. The minimum Gasteiger partial charge on any atom is -0.337 e. The van der Waals surface area contributed by atoms with Crippen LogP contribution in [0, 0.1) is 12.7 Å². The quantitative estimate of drug-likeness (QED) is 0.254. The molecule has 0 radical (unpaired) electrons. The highest BCUT2D eigenvalue weighted by Crippen LogP contribution is 2.49. The van der Waals surface area contributed by atoms with E-state index in [-0.39, 0.29) is 11.1 Å². The lowest BCUT2D eigenvalue weighted by atomic mass is 9.98. The van der Waals surface area contributed by atoms with E-state index in [1.54, 1.807) is 23.5 Å². The molecule has 1 N–H and O–H groups in total. The summed E-state index contributed by atoms with van der Waals surface area (Å²) in [6.45, 7) is 2.03. The smallest absolute Gasteiger partial charge is 0.179 e. The fourth-order valence-corrected chi connectivity index (χ4v) is 5.98. The van der Waals surface area contributed by atoms with Crippen molar-refractivity contribution in [1.29, 1.82) is 0 Å². The Balaban J connectivity index is 1.48. The van der Waals surface area contributed by atoms with Gasteiger partial charge in [0.25, 0.3) is 0 Å². The van der Waals surface area contributed by atoms with Crippen LogP contribution in [0.15, 0.2) is 100 Å². The number of halogens is 2. The van der Waals surface area contributed by atoms with E-state index >= 15 is 0 Å². The van der Waals surface area contributed by atoms with Gasteiger partial charge in [0.1, 0.15) is 11.9 Å². The molecule has 0 bridgehead atoms. The summed E-state index contributed by atoms with van der Waals surface area (Å²) in [5.41, 5.74) is 5.24. The highest BCUT2D eigenvalue weighted by molar-refractivity contribution is 7.10. The predicted octanol–water partition coefficient (Wildman–Crippen LogP) is 7.83. The van der Waals surface area contributed by atoms with Crippen LogP contribution in [-0.2, 0) is 0 Å². The number of hydrogen-bond donors (Lipinski definition) is 1. The van der Waals surface area contributed by atoms with Crippen molar-refractivity contribution in [2.24, 2.45) is 9.98 Å². The summed E-state index contributed by atoms with van der Waals surface area (Å²) in [6, 6.07) is 26.6. The van der Waals surface area contributed by atoms with Gasteiger partial charge in [-0.15, -0.1) is 11.3 Å². The number of hydrogen-bond acceptors (Lipinski definition) is 6. The van der Waals surface area contributed by atoms with Gasteiger partial charge in [0.2, 0.25) is 0 Å². The number of nitrogens with zero attached hydrogens (tertiary/aromatic N) is 5. The Bertz CT molecular complexity index is 1740. The summed E-state index contributed by atoms with van der Waals surface area (Å²) in [4.78, 5) is 13.5. The van der Waals surface area contributed by atoms with Crippen LogP contribution in [0.1, 0.15) is 22.2 Å². The average Bonchev–Trinajstić information content (AvgIpc) is 3.59. The first-order valence-electron chi connectivity index (χ1n) is 12.0. The summed E-state index contributed by atoms with van der Waals surface area (Å²) in [5, 5.41) is 10.4. The fraction of sp³-hybridized carbons (Fsp3) is 0.0690. The summed E-state index contributed by atoms with van der Waals surface area (Å²) >= 11 is 7.79. The Morgan fingerprint density at radius 3 is 2.55 bits per heavy atom. The lowest BCUT2D eigenvalue weighted by Gasteiger charge is -2.40. The van der Waals surface area contributed by atoms with E-state index in [2.05, 4.69) is 33.8 Å². The Kier molecular flexibility index (Phi) is 5.38. The molecule has 1 unspecified atom stereocenters. The molecule has 6 nitrogen and oxygen atoms in total. The first kappa shape index (κ1) is 22.9. The predicted molar refractivity (Wildman–Crippen MR) is 153 cm³/mol. The van der Waals surface area contributed by atoms with Gasteiger partial charge < -0.3 is 10.2 Å². The van der Waals surface area contributed by atoms with Gasteiger partial charge in [0.05, 0.1) is 27.8 Å². The lowest BCUT2D eigenvalue weighted by molar-refractivity contribution is 0.628. The summed E-state index contributed by atoms with van der Waals surface area (Å²) in [6.07, 6.45) is 0. The Morgan fingerprint density at radius 1 is 0.947 bits per heavy atom. The molecule has 4 heterocycles. The molecule has 0 saturated carbocycles. The second-order valence-corrected chi connectivity index (χ2v) is 10.4. The maximum atomic E-state index is 13.9. The van der Waals surface area contributed by atoms with Crippen LogP contribution in [0.25, 0.3) is 5.69 Å². The number of anilines is 2. The number of aromatic nitrogens is 2. The molecular weight excluding hydrogens is 519 g/mol. The maximum absolute atomic E-state index is 13.9. The Morgan fingerprint density at radius 2 is 1.76 bits per heavy atom. The van der Waals surface area contributed by atoms with E-state index in [1.807, 2.05) is 60.1 Å². The first-order chi connectivity index (χ1) is 18.6. The second-order valence-electron chi connectivity index (χ2n) is 9.00. The summed E-state index contributed by atoms with van der Waals surface area (Å²) in [7, 11) is 0. The highest BCUT2D eigenvalue weighted by Gasteiger charge is 2.41. The molecule has 0 spiro atoms. The van der Waals surface area contributed by atoms with Crippen molar-refractivity contribution in [2.45, 2.75) is 13.0 Å². The number of para-hydroxylation sites is 3. The third-order valence-corrected chi connectivity index (χ3v) is 7.85. The molecule has 9 heteroatoms. The zero-order valence-corrected chi connectivity index (χ0v) is 21.7. The largest absolute Gasteiger partial charge is 0.337 e. The standard InChI is InChI=1S/C29H20ClFN6S/c1-17-25-26(24-12-7-15-38-24)36-23-11-6-5-10-22(23)33-27(32-18-13-14-21(31)20(30)16-18)29(36)34-28(25)37(35-17)19-8-3-2-4-9-19/h2-16,26H,1H3,(H,32,33). The number of rotatable bonds is 3. The molecule has 7 rings (SSSR count). The van der Waals surface area contributed by atoms with Gasteiger partial charge >= 0.3 is 0 Å². The minimum absolute atomic E-state index is 0.0331. The van der Waals surface area contributed by atoms with Crippen LogP contribution in [0.2, 0.25) is 5.02 Å². The molecule has 0 fully saturated rings. The molecular formula is C29H20ClFN6S. The van der Waals surface area contributed by atoms with E-state index < -0.39 is 5.82 Å². The monoisotopic (exact) mass is 538 g/mol. The molecule has 186 valence electrons. The van der Waals surface area contributed by atoms with Crippen LogP contribution in [-0.4, -0.2) is 21.5 Å². The molecule has 2 aromatic heterocycles.